The molecule has 0 N–H and O–H groups in total. The van der Waals surface area contributed by atoms with Crippen molar-refractivity contribution in [3.63, 3.8) is 0 Å². The number of hydrogen-bond acceptors (Lipinski definition) is 6. The summed E-state index contributed by atoms with van der Waals surface area (Å²) in [4.78, 5) is 0. The van der Waals surface area contributed by atoms with Crippen molar-refractivity contribution in [2.45, 2.75) is 37.1 Å². The van der Waals surface area contributed by atoms with E-state index < -0.39 is 0 Å². The molecule has 2 aromatic carbocycles. The maximum absolute atomic E-state index is 6.61. The first kappa shape index (κ1) is 18.0. The number of benzene rings is 2. The van der Waals surface area contributed by atoms with E-state index in [4.69, 9.17) is 28.4 Å². The predicted molar refractivity (Wildman–Crippen MR) is 110 cm³/mol. The summed E-state index contributed by atoms with van der Waals surface area (Å²) >= 11 is 0. The Morgan fingerprint density at radius 3 is 2.57 bits per heavy atom. The van der Waals surface area contributed by atoms with E-state index in [0.717, 1.165) is 33.9 Å². The summed E-state index contributed by atoms with van der Waals surface area (Å²) in [6.45, 7) is 5.10. The second kappa shape index (κ2) is 5.85. The molecule has 1 unspecified atom stereocenters. The standard InChI is InChI=1S/C24H24O6/c1-23(2)8-7-13-16(30-23)6-5-14-21(13)29-20-11-27-17-10-19(26-4)18(25-3)9-15(17)24(20)12-28-22(14)24/h5-10,20,22H,11-12H2,1-4H3/t20-,22?,24+/m1/s1. The largest absolute Gasteiger partial charge is 0.493 e. The minimum absolute atomic E-state index is 0.111. The molecule has 0 saturated carbocycles. The second-order valence-corrected chi connectivity index (χ2v) is 8.79. The zero-order valence-electron chi connectivity index (χ0n) is 17.5. The SMILES string of the molecule is COc1cc2c(cc1OC)[C@]13COC1c1ccc4c(c1O[C@@H]3CO2)C=CC(C)(C)O4. The van der Waals surface area contributed by atoms with Gasteiger partial charge < -0.3 is 28.4 Å². The van der Waals surface area contributed by atoms with Crippen LogP contribution in [0.3, 0.4) is 0 Å². The van der Waals surface area contributed by atoms with Gasteiger partial charge >= 0.3 is 0 Å². The average molecular weight is 408 g/mol. The first-order chi connectivity index (χ1) is 14.5. The fourth-order valence-electron chi connectivity index (χ4n) is 5.09. The highest BCUT2D eigenvalue weighted by Gasteiger charge is 2.63. The van der Waals surface area contributed by atoms with Crippen molar-refractivity contribution in [1.29, 1.82) is 0 Å². The summed E-state index contributed by atoms with van der Waals surface area (Å²) < 4.78 is 36.0. The summed E-state index contributed by atoms with van der Waals surface area (Å²) in [7, 11) is 3.27. The van der Waals surface area contributed by atoms with Crippen LogP contribution in [0.4, 0.5) is 0 Å². The van der Waals surface area contributed by atoms with Crippen molar-refractivity contribution in [3.05, 3.63) is 47.0 Å². The van der Waals surface area contributed by atoms with Gasteiger partial charge in [-0.3, -0.25) is 0 Å². The van der Waals surface area contributed by atoms with Gasteiger partial charge in [-0.05, 0) is 44.2 Å². The Morgan fingerprint density at radius 2 is 1.83 bits per heavy atom. The Hall–Kier alpha value is -2.86. The molecule has 30 heavy (non-hydrogen) atoms. The number of fused-ring (bicyclic) bond motifs is 5. The molecule has 1 spiro atoms. The van der Waals surface area contributed by atoms with Crippen molar-refractivity contribution in [3.8, 4) is 28.7 Å². The van der Waals surface area contributed by atoms with Crippen LogP contribution >= 0.6 is 0 Å². The van der Waals surface area contributed by atoms with Crippen molar-refractivity contribution in [2.24, 2.45) is 0 Å². The molecule has 2 aromatic rings. The van der Waals surface area contributed by atoms with Crippen LogP contribution in [0.2, 0.25) is 0 Å². The molecule has 0 bridgehead atoms. The highest BCUT2D eigenvalue weighted by Crippen LogP contribution is 2.62. The molecular formula is C24H24O6. The van der Waals surface area contributed by atoms with Gasteiger partial charge in [0.25, 0.3) is 0 Å². The summed E-state index contributed by atoms with van der Waals surface area (Å²) in [6.07, 6.45) is 3.88. The number of ether oxygens (including phenoxy) is 6. The number of rotatable bonds is 2. The lowest BCUT2D eigenvalue weighted by Gasteiger charge is -2.58. The monoisotopic (exact) mass is 408 g/mol. The maximum Gasteiger partial charge on any atom is 0.164 e. The van der Waals surface area contributed by atoms with Gasteiger partial charge in [0.1, 0.15) is 41.7 Å². The van der Waals surface area contributed by atoms with Crippen LogP contribution in [-0.2, 0) is 10.2 Å². The van der Waals surface area contributed by atoms with E-state index in [0.29, 0.717) is 24.7 Å². The minimum atomic E-state index is -0.338. The van der Waals surface area contributed by atoms with Crippen LogP contribution < -0.4 is 23.7 Å². The third kappa shape index (κ3) is 2.17. The molecule has 1 fully saturated rings. The molecule has 1 saturated heterocycles. The van der Waals surface area contributed by atoms with E-state index in [1.165, 1.54) is 0 Å². The van der Waals surface area contributed by atoms with Crippen LogP contribution in [0.25, 0.3) is 6.08 Å². The molecule has 6 nitrogen and oxygen atoms in total. The van der Waals surface area contributed by atoms with E-state index >= 15 is 0 Å². The second-order valence-electron chi connectivity index (χ2n) is 8.79. The molecule has 0 radical (unpaired) electrons. The van der Waals surface area contributed by atoms with Gasteiger partial charge in [0.2, 0.25) is 0 Å². The Labute approximate surface area is 175 Å². The van der Waals surface area contributed by atoms with Gasteiger partial charge in [-0.15, -0.1) is 0 Å². The van der Waals surface area contributed by atoms with Gasteiger partial charge in [-0.2, -0.15) is 0 Å². The van der Waals surface area contributed by atoms with Gasteiger partial charge in [-0.1, -0.05) is 0 Å². The third-order valence-corrected chi connectivity index (χ3v) is 6.66. The molecule has 4 heterocycles. The summed E-state index contributed by atoms with van der Waals surface area (Å²) in [5, 5.41) is 0. The quantitative estimate of drug-likeness (QED) is 0.747. The minimum Gasteiger partial charge on any atom is -0.493 e. The van der Waals surface area contributed by atoms with E-state index in [-0.39, 0.29) is 23.2 Å². The summed E-state index contributed by atoms with van der Waals surface area (Å²) in [6, 6.07) is 8.00. The lowest BCUT2D eigenvalue weighted by molar-refractivity contribution is -0.207. The molecule has 0 aromatic heterocycles. The molecule has 4 aliphatic heterocycles. The third-order valence-electron chi connectivity index (χ3n) is 6.66. The maximum atomic E-state index is 6.61. The van der Waals surface area contributed by atoms with Crippen molar-refractivity contribution >= 4 is 6.08 Å². The molecule has 3 atom stereocenters. The van der Waals surface area contributed by atoms with Crippen LogP contribution in [0.5, 0.6) is 28.7 Å². The normalized spacial score (nSPS) is 28.7. The van der Waals surface area contributed by atoms with Crippen LogP contribution in [0.1, 0.15) is 36.6 Å². The highest BCUT2D eigenvalue weighted by atomic mass is 16.6. The molecular weight excluding hydrogens is 384 g/mol. The molecule has 0 aliphatic carbocycles. The zero-order valence-corrected chi connectivity index (χ0v) is 17.5. The van der Waals surface area contributed by atoms with Gasteiger partial charge in [0.05, 0.1) is 31.8 Å². The Balaban J connectivity index is 1.50. The van der Waals surface area contributed by atoms with E-state index in [1.54, 1.807) is 14.2 Å². The Kier molecular flexibility index (Phi) is 3.50. The van der Waals surface area contributed by atoms with Crippen LogP contribution in [0, 0.1) is 0 Å². The van der Waals surface area contributed by atoms with Crippen LogP contribution in [0.15, 0.2) is 30.3 Å². The van der Waals surface area contributed by atoms with Gasteiger partial charge in [0.15, 0.2) is 11.5 Å². The summed E-state index contributed by atoms with van der Waals surface area (Å²) in [5.41, 5.74) is 2.41. The average Bonchev–Trinajstić information content (AvgIpc) is 2.71. The summed E-state index contributed by atoms with van der Waals surface area (Å²) in [5.74, 6) is 3.79. The Bertz CT molecular complexity index is 1090. The molecule has 156 valence electrons. The van der Waals surface area contributed by atoms with E-state index in [1.807, 2.05) is 32.0 Å². The predicted octanol–water partition coefficient (Wildman–Crippen LogP) is 4.05. The molecule has 6 rings (SSSR count). The first-order valence-electron chi connectivity index (χ1n) is 10.2. The van der Waals surface area contributed by atoms with Gasteiger partial charge in [0, 0.05) is 17.2 Å². The zero-order chi connectivity index (χ0) is 20.7. The smallest absolute Gasteiger partial charge is 0.164 e. The molecule has 4 aliphatic rings. The van der Waals surface area contributed by atoms with Crippen molar-refractivity contribution < 1.29 is 28.4 Å². The number of methoxy groups -OCH3 is 2. The number of hydrogen-bond donors (Lipinski definition) is 0. The first-order valence-corrected chi connectivity index (χ1v) is 10.2. The van der Waals surface area contributed by atoms with E-state index in [2.05, 4.69) is 18.2 Å². The lowest BCUT2D eigenvalue weighted by Crippen LogP contribution is -2.64. The topological polar surface area (TPSA) is 55.4 Å². The van der Waals surface area contributed by atoms with Crippen molar-refractivity contribution in [2.75, 3.05) is 27.4 Å². The fraction of sp³-hybridized carbons (Fsp3) is 0.417. The van der Waals surface area contributed by atoms with Crippen LogP contribution in [-0.4, -0.2) is 39.1 Å². The molecule has 0 amide bonds. The Morgan fingerprint density at radius 1 is 1.03 bits per heavy atom. The van der Waals surface area contributed by atoms with Crippen molar-refractivity contribution in [1.82, 2.24) is 0 Å². The highest BCUT2D eigenvalue weighted by molar-refractivity contribution is 5.71. The van der Waals surface area contributed by atoms with E-state index in [9.17, 15) is 0 Å². The molecule has 6 heteroatoms. The lowest BCUT2D eigenvalue weighted by atomic mass is 9.63. The fourth-order valence-corrected chi connectivity index (χ4v) is 5.09. The van der Waals surface area contributed by atoms with Gasteiger partial charge in [-0.25, -0.2) is 0 Å².